The molecule has 0 aliphatic carbocycles. The van der Waals surface area contributed by atoms with Crippen molar-refractivity contribution in [1.82, 2.24) is 4.90 Å². The third kappa shape index (κ3) is 3.97. The van der Waals surface area contributed by atoms with Crippen molar-refractivity contribution >= 4 is 15.9 Å². The second-order valence-electron chi connectivity index (χ2n) is 4.10. The Bertz CT molecular complexity index is 588. The van der Waals surface area contributed by atoms with Gasteiger partial charge in [-0.3, -0.25) is 4.79 Å². The van der Waals surface area contributed by atoms with E-state index in [1.54, 1.807) is 6.92 Å². The highest BCUT2D eigenvalue weighted by Gasteiger charge is 2.19. The molecule has 1 rings (SSSR count). The number of halogens is 2. The molecule has 1 aromatic rings. The molecule has 0 fully saturated rings. The van der Waals surface area contributed by atoms with Crippen molar-refractivity contribution in [3.8, 4) is 0 Å². The minimum Gasteiger partial charge on any atom is -0.336 e. The molecule has 0 radical (unpaired) electrons. The molecule has 1 amide bonds. The molecule has 0 atom stereocenters. The molecule has 19 heavy (non-hydrogen) atoms. The fourth-order valence-corrected chi connectivity index (χ4v) is 2.04. The first kappa shape index (κ1) is 15.5. The maximum atomic E-state index is 12.2. The standard InChI is InChI=1S/C11H14F2N2O3S/c1-7-3-4-8(19(14,17)18)5-9(7)11(16)15(2)6-10(12)13/h3-5,10H,6H2,1-2H3,(H2,14,17,18). The summed E-state index contributed by atoms with van der Waals surface area (Å²) in [6.07, 6.45) is -2.66. The van der Waals surface area contributed by atoms with Gasteiger partial charge >= 0.3 is 0 Å². The molecule has 0 aliphatic heterocycles. The maximum absolute atomic E-state index is 12.2. The van der Waals surface area contributed by atoms with Gasteiger partial charge in [0.15, 0.2) is 0 Å². The van der Waals surface area contributed by atoms with E-state index in [2.05, 4.69) is 0 Å². The minimum absolute atomic E-state index is 0.0367. The summed E-state index contributed by atoms with van der Waals surface area (Å²) in [6, 6.07) is 3.76. The summed E-state index contributed by atoms with van der Waals surface area (Å²) in [7, 11) is -2.72. The Labute approximate surface area is 110 Å². The topological polar surface area (TPSA) is 80.5 Å². The molecule has 8 heteroatoms. The molecular weight excluding hydrogens is 278 g/mol. The van der Waals surface area contributed by atoms with Gasteiger partial charge in [-0.15, -0.1) is 0 Å². The summed E-state index contributed by atoms with van der Waals surface area (Å²) in [5, 5.41) is 4.96. The molecule has 0 heterocycles. The quantitative estimate of drug-likeness (QED) is 0.898. The average molecular weight is 292 g/mol. The number of benzene rings is 1. The Morgan fingerprint density at radius 3 is 2.47 bits per heavy atom. The molecule has 106 valence electrons. The summed E-state index contributed by atoms with van der Waals surface area (Å²) in [5.74, 6) is -0.677. The number of rotatable bonds is 4. The van der Waals surface area contributed by atoms with Crippen molar-refractivity contribution in [2.24, 2.45) is 5.14 Å². The number of nitrogens with zero attached hydrogens (tertiary/aromatic N) is 1. The van der Waals surface area contributed by atoms with E-state index in [0.29, 0.717) is 5.56 Å². The van der Waals surface area contributed by atoms with E-state index in [1.807, 2.05) is 0 Å². The van der Waals surface area contributed by atoms with Crippen LogP contribution in [-0.4, -0.2) is 39.2 Å². The third-order valence-electron chi connectivity index (χ3n) is 2.53. The van der Waals surface area contributed by atoms with Gasteiger partial charge in [0.2, 0.25) is 10.0 Å². The van der Waals surface area contributed by atoms with Crippen LogP contribution < -0.4 is 5.14 Å². The van der Waals surface area contributed by atoms with Crippen LogP contribution in [0, 0.1) is 6.92 Å². The zero-order valence-electron chi connectivity index (χ0n) is 10.4. The van der Waals surface area contributed by atoms with Crippen LogP contribution in [0.3, 0.4) is 0 Å². The van der Waals surface area contributed by atoms with Crippen LogP contribution in [-0.2, 0) is 10.0 Å². The number of nitrogens with two attached hydrogens (primary N) is 1. The smallest absolute Gasteiger partial charge is 0.255 e. The summed E-state index contributed by atoms with van der Waals surface area (Å²) in [5.41, 5.74) is 0.521. The molecule has 0 unspecified atom stereocenters. The molecule has 5 nitrogen and oxygen atoms in total. The van der Waals surface area contributed by atoms with Gasteiger partial charge in [0.1, 0.15) is 0 Å². The number of alkyl halides is 2. The van der Waals surface area contributed by atoms with Gasteiger partial charge in [0, 0.05) is 12.6 Å². The lowest BCUT2D eigenvalue weighted by Gasteiger charge is -2.18. The fraction of sp³-hybridized carbons (Fsp3) is 0.364. The Balaban J connectivity index is 3.16. The van der Waals surface area contributed by atoms with Gasteiger partial charge in [-0.1, -0.05) is 6.07 Å². The van der Waals surface area contributed by atoms with E-state index in [4.69, 9.17) is 5.14 Å². The lowest BCUT2D eigenvalue weighted by molar-refractivity contribution is 0.0619. The van der Waals surface area contributed by atoms with Crippen LogP contribution in [0.1, 0.15) is 15.9 Å². The largest absolute Gasteiger partial charge is 0.336 e. The fourth-order valence-electron chi connectivity index (χ4n) is 1.50. The summed E-state index contributed by atoms with van der Waals surface area (Å²) >= 11 is 0. The molecule has 0 spiro atoms. The number of carbonyl (C=O) groups excluding carboxylic acids is 1. The van der Waals surface area contributed by atoms with Crippen LogP contribution in [0.15, 0.2) is 23.1 Å². The highest BCUT2D eigenvalue weighted by atomic mass is 32.2. The van der Waals surface area contributed by atoms with Gasteiger partial charge in [0.25, 0.3) is 12.3 Å². The number of primary sulfonamides is 1. The maximum Gasteiger partial charge on any atom is 0.255 e. The molecule has 1 aromatic carbocycles. The molecule has 0 bridgehead atoms. The highest BCUT2D eigenvalue weighted by molar-refractivity contribution is 7.89. The second-order valence-corrected chi connectivity index (χ2v) is 5.66. The first-order valence-electron chi connectivity index (χ1n) is 5.30. The van der Waals surface area contributed by atoms with Crippen LogP contribution in [0.25, 0.3) is 0 Å². The normalized spacial score (nSPS) is 11.7. The molecule has 0 aliphatic rings. The van der Waals surface area contributed by atoms with Crippen molar-refractivity contribution in [2.75, 3.05) is 13.6 Å². The number of hydrogen-bond acceptors (Lipinski definition) is 3. The van der Waals surface area contributed by atoms with Crippen LogP contribution in [0.5, 0.6) is 0 Å². The Morgan fingerprint density at radius 1 is 1.42 bits per heavy atom. The van der Waals surface area contributed by atoms with Crippen molar-refractivity contribution in [2.45, 2.75) is 18.2 Å². The van der Waals surface area contributed by atoms with Gasteiger partial charge in [-0.05, 0) is 24.6 Å². The number of hydrogen-bond donors (Lipinski definition) is 1. The third-order valence-corrected chi connectivity index (χ3v) is 3.44. The van der Waals surface area contributed by atoms with Gasteiger partial charge in [-0.25, -0.2) is 22.3 Å². The number of carbonyl (C=O) groups is 1. The van der Waals surface area contributed by atoms with E-state index in [-0.39, 0.29) is 10.5 Å². The first-order chi connectivity index (χ1) is 8.62. The zero-order valence-corrected chi connectivity index (χ0v) is 11.2. The monoisotopic (exact) mass is 292 g/mol. The van der Waals surface area contributed by atoms with Crippen molar-refractivity contribution in [3.63, 3.8) is 0 Å². The predicted octanol–water partition coefficient (Wildman–Crippen LogP) is 0.980. The van der Waals surface area contributed by atoms with E-state index in [9.17, 15) is 22.0 Å². The summed E-state index contributed by atoms with van der Waals surface area (Å²) in [6.45, 7) is 0.855. The van der Waals surface area contributed by atoms with Crippen LogP contribution in [0.4, 0.5) is 8.78 Å². The summed E-state index contributed by atoms with van der Waals surface area (Å²) in [4.78, 5) is 12.5. The van der Waals surface area contributed by atoms with Crippen LogP contribution >= 0.6 is 0 Å². The molecule has 0 saturated heterocycles. The van der Waals surface area contributed by atoms with Crippen molar-refractivity contribution in [1.29, 1.82) is 0 Å². The Kier molecular flexibility index (Phi) is 4.59. The van der Waals surface area contributed by atoms with E-state index < -0.39 is 28.9 Å². The molecule has 0 aromatic heterocycles. The SMILES string of the molecule is Cc1ccc(S(N)(=O)=O)cc1C(=O)N(C)CC(F)F. The lowest BCUT2D eigenvalue weighted by Crippen LogP contribution is -2.32. The first-order valence-corrected chi connectivity index (χ1v) is 6.84. The number of aryl methyl sites for hydroxylation is 1. The number of sulfonamides is 1. The van der Waals surface area contributed by atoms with E-state index >= 15 is 0 Å². The predicted molar refractivity (Wildman–Crippen MR) is 65.5 cm³/mol. The van der Waals surface area contributed by atoms with Gasteiger partial charge in [0.05, 0.1) is 11.4 Å². The molecule has 2 N–H and O–H groups in total. The molecular formula is C11H14F2N2O3S. The lowest BCUT2D eigenvalue weighted by atomic mass is 10.1. The van der Waals surface area contributed by atoms with Gasteiger partial charge < -0.3 is 4.90 Å². The Hall–Kier alpha value is -1.54. The van der Waals surface area contributed by atoms with Crippen molar-refractivity contribution in [3.05, 3.63) is 29.3 Å². The van der Waals surface area contributed by atoms with E-state index in [0.717, 1.165) is 11.0 Å². The van der Waals surface area contributed by atoms with E-state index in [1.165, 1.54) is 19.2 Å². The Morgan fingerprint density at radius 2 is 2.00 bits per heavy atom. The average Bonchev–Trinajstić information content (AvgIpc) is 2.26. The van der Waals surface area contributed by atoms with Crippen LogP contribution in [0.2, 0.25) is 0 Å². The molecule has 0 saturated carbocycles. The second kappa shape index (κ2) is 5.62. The number of amides is 1. The van der Waals surface area contributed by atoms with Gasteiger partial charge in [-0.2, -0.15) is 0 Å². The zero-order chi connectivity index (χ0) is 14.8. The highest BCUT2D eigenvalue weighted by Crippen LogP contribution is 2.16. The van der Waals surface area contributed by atoms with Crippen molar-refractivity contribution < 1.29 is 22.0 Å². The summed E-state index contributed by atoms with van der Waals surface area (Å²) < 4.78 is 46.8. The minimum atomic E-state index is -3.94.